The first-order valence-corrected chi connectivity index (χ1v) is 10.5. The molecule has 2 atom stereocenters. The third-order valence-corrected chi connectivity index (χ3v) is 6.92. The largest absolute Gasteiger partial charge is 0.356 e. The van der Waals surface area contributed by atoms with E-state index in [1.54, 1.807) is 0 Å². The van der Waals surface area contributed by atoms with E-state index < -0.39 is 5.54 Å². The van der Waals surface area contributed by atoms with Crippen LogP contribution in [0.2, 0.25) is 5.02 Å². The summed E-state index contributed by atoms with van der Waals surface area (Å²) in [4.78, 5) is 17.1. The summed E-state index contributed by atoms with van der Waals surface area (Å²) >= 11 is 6.61. The van der Waals surface area contributed by atoms with Gasteiger partial charge in [0.25, 0.3) is 5.91 Å². The van der Waals surface area contributed by atoms with Crippen LogP contribution in [0, 0.1) is 6.92 Å². The van der Waals surface area contributed by atoms with Crippen LogP contribution in [0.5, 0.6) is 0 Å². The average molecular weight is 414 g/mol. The van der Waals surface area contributed by atoms with Crippen LogP contribution in [0.15, 0.2) is 66.7 Å². The van der Waals surface area contributed by atoms with Crippen molar-refractivity contribution in [3.8, 4) is 0 Å². The van der Waals surface area contributed by atoms with Crippen LogP contribution in [0.25, 0.3) is 10.9 Å². The van der Waals surface area contributed by atoms with E-state index >= 15 is 0 Å². The van der Waals surface area contributed by atoms with Crippen molar-refractivity contribution in [1.82, 2.24) is 10.3 Å². The van der Waals surface area contributed by atoms with Crippen molar-refractivity contribution < 1.29 is 4.79 Å². The summed E-state index contributed by atoms with van der Waals surface area (Å²) in [6.07, 6.45) is 0. The van der Waals surface area contributed by atoms with Gasteiger partial charge in [0.05, 0.1) is 5.69 Å². The van der Waals surface area contributed by atoms with Gasteiger partial charge in [-0.1, -0.05) is 66.2 Å². The molecule has 1 amide bonds. The van der Waals surface area contributed by atoms with Gasteiger partial charge < -0.3 is 10.3 Å². The van der Waals surface area contributed by atoms with Crippen molar-refractivity contribution >= 4 is 34.1 Å². The minimum absolute atomic E-state index is 0.0390. The number of para-hydroxylation sites is 2. The van der Waals surface area contributed by atoms with Crippen molar-refractivity contribution in [2.75, 3.05) is 11.9 Å². The molecular weight excluding hydrogens is 394 g/mol. The zero-order valence-corrected chi connectivity index (χ0v) is 17.2. The topological polar surface area (TPSA) is 56.9 Å². The summed E-state index contributed by atoms with van der Waals surface area (Å²) in [5, 5.41) is 8.62. The molecule has 0 saturated carbocycles. The first-order chi connectivity index (χ1) is 14.6. The number of fused-ring (bicyclic) bond motifs is 6. The first kappa shape index (κ1) is 17.8. The van der Waals surface area contributed by atoms with Gasteiger partial charge in [-0.05, 0) is 35.7 Å². The van der Waals surface area contributed by atoms with E-state index in [1.165, 1.54) is 0 Å². The second kappa shape index (κ2) is 6.21. The monoisotopic (exact) mass is 413 g/mol. The van der Waals surface area contributed by atoms with E-state index in [1.807, 2.05) is 55.5 Å². The Balaban J connectivity index is 1.68. The Morgan fingerprint density at radius 2 is 1.80 bits per heavy atom. The lowest BCUT2D eigenvalue weighted by Gasteiger charge is -2.37. The number of carbonyl (C=O) groups excluding carboxylic acids is 1. The van der Waals surface area contributed by atoms with Crippen LogP contribution in [0.3, 0.4) is 0 Å². The molecule has 0 radical (unpaired) electrons. The summed E-state index contributed by atoms with van der Waals surface area (Å²) in [6, 6.07) is 22.3. The number of rotatable bonds is 1. The third-order valence-electron chi connectivity index (χ3n) is 6.58. The SMILES string of the molecule is Cc1cccc2c1NC(=O)[C@@]21NC[C@@H](c2ccccc2Cl)c2c1[nH]c1ccccc21. The van der Waals surface area contributed by atoms with Crippen molar-refractivity contribution in [2.24, 2.45) is 0 Å². The number of carbonyl (C=O) groups is 1. The normalized spacial score (nSPS) is 22.2. The Morgan fingerprint density at radius 3 is 2.67 bits per heavy atom. The second-order valence-electron chi connectivity index (χ2n) is 8.12. The number of aromatic amines is 1. The van der Waals surface area contributed by atoms with E-state index in [2.05, 4.69) is 33.8 Å². The van der Waals surface area contributed by atoms with Crippen LogP contribution < -0.4 is 10.6 Å². The summed E-state index contributed by atoms with van der Waals surface area (Å²) in [5.41, 5.74) is 6.13. The van der Waals surface area contributed by atoms with Gasteiger partial charge in [0.1, 0.15) is 0 Å². The first-order valence-electron chi connectivity index (χ1n) is 10.1. The van der Waals surface area contributed by atoms with E-state index in [0.29, 0.717) is 6.54 Å². The number of nitrogens with one attached hydrogen (secondary N) is 3. The van der Waals surface area contributed by atoms with Crippen molar-refractivity contribution in [3.05, 3.63) is 99.7 Å². The zero-order valence-electron chi connectivity index (χ0n) is 16.4. The molecule has 4 nitrogen and oxygen atoms in total. The average Bonchev–Trinajstić information content (AvgIpc) is 3.28. The quantitative estimate of drug-likeness (QED) is 0.408. The molecule has 0 aliphatic carbocycles. The molecule has 0 unspecified atom stereocenters. The van der Waals surface area contributed by atoms with Crippen LogP contribution in [0.1, 0.15) is 33.9 Å². The summed E-state index contributed by atoms with van der Waals surface area (Å²) < 4.78 is 0. The standard InChI is InChI=1S/C25H20ClN3O/c1-14-7-6-10-18-22(14)29-24(30)25(18)23-21(16-9-3-5-12-20(16)28-23)17(13-27-25)15-8-2-4-11-19(15)26/h2-12,17,27-28H,13H2,1H3,(H,29,30)/t17-,25+/m0/s1. The molecule has 0 saturated heterocycles. The van der Waals surface area contributed by atoms with Crippen LogP contribution >= 0.6 is 11.6 Å². The molecule has 2 aliphatic heterocycles. The molecule has 3 heterocycles. The van der Waals surface area contributed by atoms with E-state index in [0.717, 1.165) is 49.6 Å². The van der Waals surface area contributed by atoms with Crippen molar-refractivity contribution in [2.45, 2.75) is 18.4 Å². The summed E-state index contributed by atoms with van der Waals surface area (Å²) in [7, 11) is 0. The molecule has 148 valence electrons. The second-order valence-corrected chi connectivity index (χ2v) is 8.52. The Labute approximate surface area is 179 Å². The van der Waals surface area contributed by atoms with E-state index in [-0.39, 0.29) is 11.8 Å². The minimum atomic E-state index is -0.937. The van der Waals surface area contributed by atoms with Gasteiger partial charge >= 0.3 is 0 Å². The van der Waals surface area contributed by atoms with Gasteiger partial charge in [0.2, 0.25) is 0 Å². The molecule has 3 N–H and O–H groups in total. The van der Waals surface area contributed by atoms with E-state index in [4.69, 9.17) is 11.6 Å². The maximum atomic E-state index is 13.5. The predicted octanol–water partition coefficient (Wildman–Crippen LogP) is 5.06. The smallest absolute Gasteiger partial charge is 0.255 e. The number of benzene rings is 3. The lowest BCUT2D eigenvalue weighted by molar-refractivity contribution is -0.120. The molecule has 5 heteroatoms. The number of amides is 1. The van der Waals surface area contributed by atoms with Crippen LogP contribution in [0.4, 0.5) is 5.69 Å². The van der Waals surface area contributed by atoms with Crippen LogP contribution in [-0.2, 0) is 10.3 Å². The maximum Gasteiger partial charge on any atom is 0.255 e. The van der Waals surface area contributed by atoms with Gasteiger partial charge in [-0.25, -0.2) is 0 Å². The highest BCUT2D eigenvalue weighted by atomic mass is 35.5. The maximum absolute atomic E-state index is 13.5. The van der Waals surface area contributed by atoms with Gasteiger partial charge in [-0.3, -0.25) is 10.1 Å². The highest BCUT2D eigenvalue weighted by molar-refractivity contribution is 6.31. The fourth-order valence-corrected chi connectivity index (χ4v) is 5.46. The molecule has 1 spiro atoms. The fourth-order valence-electron chi connectivity index (χ4n) is 5.19. The van der Waals surface area contributed by atoms with Crippen LogP contribution in [-0.4, -0.2) is 17.4 Å². The highest BCUT2D eigenvalue weighted by Gasteiger charge is 2.54. The lowest BCUT2D eigenvalue weighted by Crippen LogP contribution is -2.54. The molecule has 4 aromatic rings. The predicted molar refractivity (Wildman–Crippen MR) is 120 cm³/mol. The van der Waals surface area contributed by atoms with Gasteiger partial charge in [0, 0.05) is 39.6 Å². The molecule has 30 heavy (non-hydrogen) atoms. The Morgan fingerprint density at radius 1 is 1.00 bits per heavy atom. The lowest BCUT2D eigenvalue weighted by atomic mass is 9.76. The summed E-state index contributed by atoms with van der Waals surface area (Å²) in [5.74, 6) is -0.00523. The Bertz CT molecular complexity index is 1340. The number of halogens is 1. The van der Waals surface area contributed by atoms with Crippen molar-refractivity contribution in [1.29, 1.82) is 0 Å². The molecule has 0 fully saturated rings. The third kappa shape index (κ3) is 2.18. The minimum Gasteiger partial charge on any atom is -0.356 e. The number of hydrogen-bond acceptors (Lipinski definition) is 2. The number of anilines is 1. The molecule has 0 bridgehead atoms. The molecule has 6 rings (SSSR count). The number of H-pyrrole nitrogens is 1. The highest BCUT2D eigenvalue weighted by Crippen LogP contribution is 2.50. The number of hydrogen-bond donors (Lipinski definition) is 3. The molecule has 1 aromatic heterocycles. The zero-order chi connectivity index (χ0) is 20.5. The van der Waals surface area contributed by atoms with Gasteiger partial charge in [0.15, 0.2) is 5.54 Å². The van der Waals surface area contributed by atoms with Gasteiger partial charge in [-0.2, -0.15) is 0 Å². The van der Waals surface area contributed by atoms with E-state index in [9.17, 15) is 4.79 Å². The summed E-state index contributed by atoms with van der Waals surface area (Å²) in [6.45, 7) is 2.64. The fraction of sp³-hybridized carbons (Fsp3) is 0.160. The molecule has 2 aliphatic rings. The van der Waals surface area contributed by atoms with Crippen molar-refractivity contribution in [3.63, 3.8) is 0 Å². The molecule has 3 aromatic carbocycles. The van der Waals surface area contributed by atoms with Gasteiger partial charge in [-0.15, -0.1) is 0 Å². The molecular formula is C25H20ClN3O. The Hall–Kier alpha value is -3.08. The number of aryl methyl sites for hydroxylation is 1. The number of aromatic nitrogens is 1. The Kier molecular flexibility index (Phi) is 3.67.